The predicted molar refractivity (Wildman–Crippen MR) is 149 cm³/mol. The number of para-hydroxylation sites is 2. The molecule has 0 spiro atoms. The molecule has 1 aliphatic heterocycles. The number of anilines is 3. The summed E-state index contributed by atoms with van der Waals surface area (Å²) in [6, 6.07) is 19.8. The van der Waals surface area contributed by atoms with Crippen molar-refractivity contribution in [3.8, 4) is 28.4 Å². The van der Waals surface area contributed by atoms with Crippen LogP contribution in [0.4, 0.5) is 17.1 Å². The molecule has 0 saturated heterocycles. The Kier molecular flexibility index (Phi) is 6.89. The summed E-state index contributed by atoms with van der Waals surface area (Å²) in [5.74, 6) is 0.851. The van der Waals surface area contributed by atoms with Crippen molar-refractivity contribution < 1.29 is 28.2 Å². The Balaban J connectivity index is 1.55. The highest BCUT2D eigenvalue weighted by molar-refractivity contribution is 6.07. The van der Waals surface area contributed by atoms with Gasteiger partial charge in [-0.15, -0.1) is 0 Å². The lowest BCUT2D eigenvalue weighted by molar-refractivity contribution is -0.119. The first-order chi connectivity index (χ1) is 18.8. The third kappa shape index (κ3) is 5.11. The van der Waals surface area contributed by atoms with E-state index in [1.165, 1.54) is 12.3 Å². The van der Waals surface area contributed by atoms with E-state index in [-0.39, 0.29) is 11.7 Å². The maximum atomic E-state index is 12.9. The number of hydrogen-bond donors (Lipinski definition) is 3. The van der Waals surface area contributed by atoms with E-state index in [9.17, 15) is 9.59 Å². The molecule has 0 unspecified atom stereocenters. The van der Waals surface area contributed by atoms with Crippen LogP contribution in [0.15, 0.2) is 77.4 Å². The molecule has 39 heavy (non-hydrogen) atoms. The third-order valence-electron chi connectivity index (χ3n) is 6.52. The number of fused-ring (bicyclic) bond motifs is 1. The van der Waals surface area contributed by atoms with Gasteiger partial charge in [0.1, 0.15) is 22.8 Å². The largest absolute Gasteiger partial charge is 0.496 e. The summed E-state index contributed by atoms with van der Waals surface area (Å²) in [6.45, 7) is 4.04. The lowest BCUT2D eigenvalue weighted by Gasteiger charge is -2.34. The number of methoxy groups -OCH3 is 2. The van der Waals surface area contributed by atoms with Gasteiger partial charge >= 0.3 is 5.97 Å². The lowest BCUT2D eigenvalue weighted by atomic mass is 9.92. The number of ether oxygens (including phenoxy) is 3. The second-order valence-electron chi connectivity index (χ2n) is 9.50. The Bertz CT molecular complexity index is 1530. The van der Waals surface area contributed by atoms with Crippen LogP contribution in [0.1, 0.15) is 30.0 Å². The van der Waals surface area contributed by atoms with Gasteiger partial charge in [-0.1, -0.05) is 18.2 Å². The summed E-state index contributed by atoms with van der Waals surface area (Å²) >= 11 is 0. The smallest absolute Gasteiger partial charge is 0.379 e. The molecule has 200 valence electrons. The summed E-state index contributed by atoms with van der Waals surface area (Å²) in [6.07, 6.45) is 1.41. The summed E-state index contributed by atoms with van der Waals surface area (Å²) in [5, 5.41) is 9.87. The first kappa shape index (κ1) is 25.7. The van der Waals surface area contributed by atoms with Crippen LogP contribution >= 0.6 is 0 Å². The van der Waals surface area contributed by atoms with E-state index in [4.69, 9.17) is 18.6 Å². The first-order valence-electron chi connectivity index (χ1n) is 12.4. The molecule has 9 nitrogen and oxygen atoms in total. The minimum absolute atomic E-state index is 0.101. The molecule has 3 aromatic carbocycles. The Labute approximate surface area is 226 Å². The van der Waals surface area contributed by atoms with E-state index in [0.29, 0.717) is 29.5 Å². The van der Waals surface area contributed by atoms with Crippen molar-refractivity contribution in [2.75, 3.05) is 30.2 Å². The average Bonchev–Trinajstić information content (AvgIpc) is 3.48. The predicted octanol–water partition coefficient (Wildman–Crippen LogP) is 5.94. The summed E-state index contributed by atoms with van der Waals surface area (Å²) < 4.78 is 21.8. The zero-order chi connectivity index (χ0) is 27.6. The van der Waals surface area contributed by atoms with Gasteiger partial charge in [0.05, 0.1) is 37.5 Å². The molecule has 0 atom stereocenters. The summed E-state index contributed by atoms with van der Waals surface area (Å²) in [5.41, 5.74) is 3.96. The van der Waals surface area contributed by atoms with Crippen molar-refractivity contribution in [3.05, 3.63) is 84.3 Å². The Hall–Kier alpha value is -4.92. The molecule has 0 fully saturated rings. The number of esters is 1. The topological polar surface area (TPSA) is 111 Å². The average molecular weight is 528 g/mol. The minimum Gasteiger partial charge on any atom is -0.496 e. The second kappa shape index (κ2) is 10.4. The van der Waals surface area contributed by atoms with Gasteiger partial charge in [0.15, 0.2) is 0 Å². The van der Waals surface area contributed by atoms with Gasteiger partial charge in [0.25, 0.3) is 0 Å². The first-order valence-corrected chi connectivity index (χ1v) is 12.4. The molecule has 0 saturated carbocycles. The molecule has 4 aromatic rings. The fraction of sp³-hybridized carbons (Fsp3) is 0.200. The molecule has 0 bridgehead atoms. The molecule has 1 amide bonds. The van der Waals surface area contributed by atoms with Gasteiger partial charge in [0.2, 0.25) is 11.7 Å². The van der Waals surface area contributed by atoms with Crippen LogP contribution in [0.25, 0.3) is 11.1 Å². The maximum absolute atomic E-state index is 12.9. The van der Waals surface area contributed by atoms with Gasteiger partial charge < -0.3 is 34.6 Å². The molecule has 1 aromatic heterocycles. The summed E-state index contributed by atoms with van der Waals surface area (Å²) in [4.78, 5) is 25.3. The van der Waals surface area contributed by atoms with Crippen LogP contribution in [0.5, 0.6) is 17.2 Å². The fourth-order valence-electron chi connectivity index (χ4n) is 4.48. The van der Waals surface area contributed by atoms with Gasteiger partial charge in [-0.05, 0) is 61.9 Å². The number of rotatable bonds is 8. The normalized spacial score (nSPS) is 13.5. The quantitative estimate of drug-likeness (QED) is 0.191. The zero-order valence-electron chi connectivity index (χ0n) is 22.1. The highest BCUT2D eigenvalue weighted by atomic mass is 16.5. The second-order valence-corrected chi connectivity index (χ2v) is 9.50. The number of nitrogens with one attached hydrogen (secondary N) is 3. The molecular formula is C30H29N3O6. The SMILES string of the molecule is COc1ccccc1NCc1c(-c2ccc(OC(=O)c3ccco3)cc2OC)ccc2c1NC(=O)C(C)(C)N2. The third-order valence-corrected chi connectivity index (χ3v) is 6.52. The van der Waals surface area contributed by atoms with Crippen LogP contribution < -0.4 is 30.2 Å². The van der Waals surface area contributed by atoms with Crippen LogP contribution in [-0.2, 0) is 11.3 Å². The van der Waals surface area contributed by atoms with Crippen molar-refractivity contribution in [1.29, 1.82) is 0 Å². The Morgan fingerprint density at radius 1 is 0.949 bits per heavy atom. The van der Waals surface area contributed by atoms with Crippen LogP contribution in [0, 0.1) is 0 Å². The zero-order valence-corrected chi connectivity index (χ0v) is 22.1. The molecule has 5 rings (SSSR count). The number of carbonyl (C=O) groups is 2. The van der Waals surface area contributed by atoms with Gasteiger partial charge in [0, 0.05) is 23.7 Å². The van der Waals surface area contributed by atoms with Crippen LogP contribution in [0.3, 0.4) is 0 Å². The molecule has 0 radical (unpaired) electrons. The number of amides is 1. The minimum atomic E-state index is -0.765. The number of carbonyl (C=O) groups excluding carboxylic acids is 2. The van der Waals surface area contributed by atoms with Crippen molar-refractivity contribution in [2.24, 2.45) is 0 Å². The Morgan fingerprint density at radius 3 is 2.46 bits per heavy atom. The monoisotopic (exact) mass is 527 g/mol. The van der Waals surface area contributed by atoms with Gasteiger partial charge in [-0.3, -0.25) is 4.79 Å². The number of hydrogen-bond acceptors (Lipinski definition) is 8. The van der Waals surface area contributed by atoms with Crippen molar-refractivity contribution >= 4 is 28.9 Å². The molecule has 0 aliphatic carbocycles. The molecule has 1 aliphatic rings. The fourth-order valence-corrected chi connectivity index (χ4v) is 4.48. The maximum Gasteiger partial charge on any atom is 0.379 e. The van der Waals surface area contributed by atoms with E-state index in [1.54, 1.807) is 32.4 Å². The van der Waals surface area contributed by atoms with Crippen molar-refractivity contribution in [1.82, 2.24) is 0 Å². The highest BCUT2D eigenvalue weighted by Crippen LogP contribution is 2.43. The Morgan fingerprint density at radius 2 is 1.72 bits per heavy atom. The molecule has 9 heteroatoms. The molecule has 2 heterocycles. The van der Waals surface area contributed by atoms with Crippen LogP contribution in [-0.4, -0.2) is 31.6 Å². The van der Waals surface area contributed by atoms with E-state index < -0.39 is 11.5 Å². The van der Waals surface area contributed by atoms with E-state index in [0.717, 1.165) is 28.1 Å². The van der Waals surface area contributed by atoms with E-state index >= 15 is 0 Å². The number of furan rings is 1. The number of benzene rings is 3. The molecular weight excluding hydrogens is 498 g/mol. The van der Waals surface area contributed by atoms with Gasteiger partial charge in [-0.25, -0.2) is 4.79 Å². The summed E-state index contributed by atoms with van der Waals surface area (Å²) in [7, 11) is 3.17. The van der Waals surface area contributed by atoms with E-state index in [2.05, 4.69) is 16.0 Å². The standard InChI is InChI=1S/C30H29N3O6/c1-30(2)29(35)32-27-21(17-31-22-8-5-6-9-24(22)36-3)19(13-14-23(27)33-30)20-12-11-18(16-26(20)37-4)39-28(34)25-10-7-15-38-25/h5-16,31,33H,17H2,1-4H3,(H,32,35). The van der Waals surface area contributed by atoms with Crippen molar-refractivity contribution in [2.45, 2.75) is 25.9 Å². The van der Waals surface area contributed by atoms with Crippen molar-refractivity contribution in [3.63, 3.8) is 0 Å². The van der Waals surface area contributed by atoms with E-state index in [1.807, 2.05) is 56.3 Å². The highest BCUT2D eigenvalue weighted by Gasteiger charge is 2.34. The molecule has 3 N–H and O–H groups in total. The van der Waals surface area contributed by atoms with Crippen LogP contribution in [0.2, 0.25) is 0 Å². The lowest BCUT2D eigenvalue weighted by Crippen LogP contribution is -2.47. The van der Waals surface area contributed by atoms with Gasteiger partial charge in [-0.2, -0.15) is 0 Å².